The summed E-state index contributed by atoms with van der Waals surface area (Å²) in [5.74, 6) is 0. The van der Waals surface area contributed by atoms with Gasteiger partial charge in [-0.1, -0.05) is 65.2 Å². The van der Waals surface area contributed by atoms with Gasteiger partial charge in [-0.3, -0.25) is 0 Å². The summed E-state index contributed by atoms with van der Waals surface area (Å²) in [6.07, 6.45) is 17.3. The number of nitrogens with zero attached hydrogens (tertiary/aromatic N) is 1. The SMILES string of the molecule is CCCCCCCCC(CCCC)N1CCCC1. The summed E-state index contributed by atoms with van der Waals surface area (Å²) in [5, 5.41) is 0. The lowest BCUT2D eigenvalue weighted by Gasteiger charge is -2.27. The molecule has 0 N–H and O–H groups in total. The van der Waals surface area contributed by atoms with E-state index in [9.17, 15) is 0 Å². The van der Waals surface area contributed by atoms with E-state index < -0.39 is 0 Å². The van der Waals surface area contributed by atoms with Crippen molar-refractivity contribution in [2.24, 2.45) is 0 Å². The molecular weight excluding hydrogens is 218 g/mol. The Kier molecular flexibility index (Phi) is 9.65. The Bertz CT molecular complexity index is 172. The number of hydrogen-bond donors (Lipinski definition) is 0. The molecule has 0 bridgehead atoms. The summed E-state index contributed by atoms with van der Waals surface area (Å²) >= 11 is 0. The first-order chi connectivity index (χ1) is 8.88. The van der Waals surface area contributed by atoms with E-state index in [0.717, 1.165) is 6.04 Å². The molecule has 0 saturated carbocycles. The maximum atomic E-state index is 2.78. The summed E-state index contributed by atoms with van der Waals surface area (Å²) in [5.41, 5.74) is 0. The molecule has 1 aliphatic heterocycles. The summed E-state index contributed by atoms with van der Waals surface area (Å²) in [6.45, 7) is 7.38. The second kappa shape index (κ2) is 10.8. The first kappa shape index (κ1) is 16.0. The normalized spacial score (nSPS) is 18.3. The molecule has 0 radical (unpaired) electrons. The van der Waals surface area contributed by atoms with E-state index in [0.29, 0.717) is 0 Å². The summed E-state index contributed by atoms with van der Waals surface area (Å²) in [7, 11) is 0. The fourth-order valence-electron chi connectivity index (χ4n) is 3.22. The van der Waals surface area contributed by atoms with E-state index in [1.807, 2.05) is 0 Å². The summed E-state index contributed by atoms with van der Waals surface area (Å²) in [4.78, 5) is 2.78. The zero-order valence-corrected chi connectivity index (χ0v) is 12.9. The highest BCUT2D eigenvalue weighted by atomic mass is 15.2. The number of rotatable bonds is 11. The quantitative estimate of drug-likeness (QED) is 0.446. The van der Waals surface area contributed by atoms with Gasteiger partial charge in [0.15, 0.2) is 0 Å². The van der Waals surface area contributed by atoms with Gasteiger partial charge in [0.1, 0.15) is 0 Å². The molecule has 1 rings (SSSR count). The second-order valence-corrected chi connectivity index (χ2v) is 6.10. The molecule has 0 aromatic carbocycles. The van der Waals surface area contributed by atoms with Crippen LogP contribution in [0.1, 0.15) is 90.9 Å². The lowest BCUT2D eigenvalue weighted by Crippen LogP contribution is -2.32. The Morgan fingerprint density at radius 3 is 1.94 bits per heavy atom. The number of hydrogen-bond acceptors (Lipinski definition) is 1. The Labute approximate surface area is 115 Å². The van der Waals surface area contributed by atoms with E-state index in [-0.39, 0.29) is 0 Å². The van der Waals surface area contributed by atoms with Crippen LogP contribution in [0, 0.1) is 0 Å². The van der Waals surface area contributed by atoms with E-state index >= 15 is 0 Å². The van der Waals surface area contributed by atoms with Gasteiger partial charge in [0, 0.05) is 6.04 Å². The minimum atomic E-state index is 0.915. The van der Waals surface area contributed by atoms with Crippen molar-refractivity contribution in [2.75, 3.05) is 13.1 Å². The van der Waals surface area contributed by atoms with Crippen LogP contribution in [0.15, 0.2) is 0 Å². The number of unbranched alkanes of at least 4 members (excludes halogenated alkanes) is 6. The molecule has 108 valence electrons. The Morgan fingerprint density at radius 2 is 1.28 bits per heavy atom. The van der Waals surface area contributed by atoms with Crippen LogP contribution in [-0.4, -0.2) is 24.0 Å². The predicted molar refractivity (Wildman–Crippen MR) is 82.1 cm³/mol. The molecule has 0 aromatic rings. The average molecular weight is 253 g/mol. The fraction of sp³-hybridized carbons (Fsp3) is 1.00. The standard InChI is InChI=1S/C17H35N/c1-3-5-7-8-9-10-14-17(13-6-4-2)18-15-11-12-16-18/h17H,3-16H2,1-2H3. The third-order valence-electron chi connectivity index (χ3n) is 4.44. The Balaban J connectivity index is 2.11. The minimum Gasteiger partial charge on any atom is -0.300 e. The molecule has 1 heterocycles. The van der Waals surface area contributed by atoms with Gasteiger partial charge in [0.2, 0.25) is 0 Å². The van der Waals surface area contributed by atoms with E-state index in [2.05, 4.69) is 18.7 Å². The molecule has 1 nitrogen and oxygen atoms in total. The Morgan fingerprint density at radius 1 is 0.722 bits per heavy atom. The van der Waals surface area contributed by atoms with Crippen molar-refractivity contribution in [2.45, 2.75) is 96.9 Å². The maximum Gasteiger partial charge on any atom is 0.00952 e. The zero-order valence-electron chi connectivity index (χ0n) is 12.9. The van der Waals surface area contributed by atoms with Gasteiger partial charge in [-0.15, -0.1) is 0 Å². The Hall–Kier alpha value is -0.0400. The van der Waals surface area contributed by atoms with Crippen LogP contribution < -0.4 is 0 Å². The molecule has 1 atom stereocenters. The van der Waals surface area contributed by atoms with Crippen LogP contribution in [0.4, 0.5) is 0 Å². The lowest BCUT2D eigenvalue weighted by molar-refractivity contribution is 0.210. The van der Waals surface area contributed by atoms with Gasteiger partial charge in [-0.25, -0.2) is 0 Å². The topological polar surface area (TPSA) is 3.24 Å². The van der Waals surface area contributed by atoms with Crippen molar-refractivity contribution in [3.05, 3.63) is 0 Å². The van der Waals surface area contributed by atoms with Crippen LogP contribution in [-0.2, 0) is 0 Å². The van der Waals surface area contributed by atoms with Gasteiger partial charge in [0.25, 0.3) is 0 Å². The van der Waals surface area contributed by atoms with Crippen LogP contribution in [0.25, 0.3) is 0 Å². The minimum absolute atomic E-state index is 0.915. The smallest absolute Gasteiger partial charge is 0.00952 e. The summed E-state index contributed by atoms with van der Waals surface area (Å²) < 4.78 is 0. The monoisotopic (exact) mass is 253 g/mol. The molecule has 0 aliphatic carbocycles. The lowest BCUT2D eigenvalue weighted by atomic mass is 10.0. The van der Waals surface area contributed by atoms with Crippen molar-refractivity contribution in [3.8, 4) is 0 Å². The molecule has 0 spiro atoms. The fourth-order valence-corrected chi connectivity index (χ4v) is 3.22. The molecular formula is C17H35N. The zero-order chi connectivity index (χ0) is 13.1. The highest BCUT2D eigenvalue weighted by Gasteiger charge is 2.20. The van der Waals surface area contributed by atoms with Crippen molar-refractivity contribution >= 4 is 0 Å². The van der Waals surface area contributed by atoms with Gasteiger partial charge < -0.3 is 4.90 Å². The van der Waals surface area contributed by atoms with Crippen molar-refractivity contribution in [3.63, 3.8) is 0 Å². The third-order valence-corrected chi connectivity index (χ3v) is 4.44. The van der Waals surface area contributed by atoms with Gasteiger partial charge in [-0.2, -0.15) is 0 Å². The first-order valence-corrected chi connectivity index (χ1v) is 8.62. The molecule has 1 saturated heterocycles. The molecule has 18 heavy (non-hydrogen) atoms. The molecule has 0 amide bonds. The van der Waals surface area contributed by atoms with E-state index in [4.69, 9.17) is 0 Å². The van der Waals surface area contributed by atoms with Crippen LogP contribution in [0.5, 0.6) is 0 Å². The highest BCUT2D eigenvalue weighted by Crippen LogP contribution is 2.21. The van der Waals surface area contributed by atoms with E-state index in [1.165, 1.54) is 90.1 Å². The highest BCUT2D eigenvalue weighted by molar-refractivity contribution is 4.76. The van der Waals surface area contributed by atoms with Crippen molar-refractivity contribution < 1.29 is 0 Å². The maximum absolute atomic E-state index is 2.78. The van der Waals surface area contributed by atoms with Gasteiger partial charge in [0.05, 0.1) is 0 Å². The van der Waals surface area contributed by atoms with E-state index in [1.54, 1.807) is 0 Å². The molecule has 1 unspecified atom stereocenters. The van der Waals surface area contributed by atoms with Crippen LogP contribution in [0.3, 0.4) is 0 Å². The molecule has 1 heteroatoms. The van der Waals surface area contributed by atoms with Crippen molar-refractivity contribution in [1.82, 2.24) is 4.90 Å². The first-order valence-electron chi connectivity index (χ1n) is 8.62. The van der Waals surface area contributed by atoms with Gasteiger partial charge in [-0.05, 0) is 38.8 Å². The molecule has 1 fully saturated rings. The summed E-state index contributed by atoms with van der Waals surface area (Å²) in [6, 6.07) is 0.915. The average Bonchev–Trinajstić information content (AvgIpc) is 2.91. The van der Waals surface area contributed by atoms with Crippen LogP contribution >= 0.6 is 0 Å². The number of likely N-dealkylation sites (tertiary alicyclic amines) is 1. The molecule has 0 aromatic heterocycles. The molecule has 1 aliphatic rings. The third kappa shape index (κ3) is 6.78. The predicted octanol–water partition coefficient (Wildman–Crippen LogP) is 5.39. The van der Waals surface area contributed by atoms with Gasteiger partial charge >= 0.3 is 0 Å². The van der Waals surface area contributed by atoms with Crippen molar-refractivity contribution in [1.29, 1.82) is 0 Å². The van der Waals surface area contributed by atoms with Crippen LogP contribution in [0.2, 0.25) is 0 Å². The second-order valence-electron chi connectivity index (χ2n) is 6.10. The largest absolute Gasteiger partial charge is 0.300 e.